The summed E-state index contributed by atoms with van der Waals surface area (Å²) in [6.45, 7) is 2.11. The molecule has 0 radical (unpaired) electrons. The summed E-state index contributed by atoms with van der Waals surface area (Å²) in [5.41, 5.74) is 1.77. The fourth-order valence-electron chi connectivity index (χ4n) is 3.68. The summed E-state index contributed by atoms with van der Waals surface area (Å²) < 4.78 is 37.8. The van der Waals surface area contributed by atoms with Crippen molar-refractivity contribution in [2.45, 2.75) is 13.5 Å². The van der Waals surface area contributed by atoms with Gasteiger partial charge in [-0.15, -0.1) is 0 Å². The number of nitrogens with one attached hydrogen (secondary N) is 2. The van der Waals surface area contributed by atoms with Crippen LogP contribution >= 0.6 is 0 Å². The van der Waals surface area contributed by atoms with Crippen molar-refractivity contribution in [2.24, 2.45) is 0 Å². The van der Waals surface area contributed by atoms with Crippen LogP contribution in [0.1, 0.15) is 22.8 Å². The lowest BCUT2D eigenvalue weighted by molar-refractivity contribution is -0.114. The van der Waals surface area contributed by atoms with E-state index in [1.54, 1.807) is 42.5 Å². The van der Waals surface area contributed by atoms with Gasteiger partial charge < -0.3 is 20.1 Å². The van der Waals surface area contributed by atoms with E-state index in [1.165, 1.54) is 6.92 Å². The lowest BCUT2D eigenvalue weighted by Gasteiger charge is -2.26. The number of hydrogen-bond acceptors (Lipinski definition) is 6. The molecule has 4 rings (SSSR count). The Balaban J connectivity index is 1.50. The molecule has 0 aromatic heterocycles. The molecule has 9 nitrogen and oxygen atoms in total. The zero-order chi connectivity index (χ0) is 25.5. The third-order valence-corrected chi connectivity index (χ3v) is 7.28. The second-order valence-electron chi connectivity index (χ2n) is 8.00. The van der Waals surface area contributed by atoms with E-state index in [9.17, 15) is 18.0 Å². The fourth-order valence-corrected chi connectivity index (χ4v) is 4.74. The van der Waals surface area contributed by atoms with Crippen LogP contribution in [-0.4, -0.2) is 45.7 Å². The lowest BCUT2D eigenvalue weighted by atomic mass is 10.1. The lowest BCUT2D eigenvalue weighted by Crippen LogP contribution is -2.39. The average molecular weight is 510 g/mol. The maximum Gasteiger partial charge on any atom is 0.253 e. The molecule has 36 heavy (non-hydrogen) atoms. The molecule has 3 aromatic carbocycles. The number of benzene rings is 3. The monoisotopic (exact) mass is 509 g/mol. The van der Waals surface area contributed by atoms with E-state index in [4.69, 9.17) is 9.47 Å². The Kier molecular flexibility index (Phi) is 7.74. The van der Waals surface area contributed by atoms with Gasteiger partial charge in [-0.05, 0) is 36.8 Å². The summed E-state index contributed by atoms with van der Waals surface area (Å²) in [7, 11) is -3.80. The van der Waals surface area contributed by atoms with Gasteiger partial charge >= 0.3 is 0 Å². The van der Waals surface area contributed by atoms with Gasteiger partial charge in [-0.2, -0.15) is 0 Å². The maximum atomic E-state index is 13.0. The molecule has 1 aliphatic rings. The smallest absolute Gasteiger partial charge is 0.253 e. The SMILES string of the molecule is CCS(=O)(=O)N(CC(=O)Nc1ccccc1C(=O)NCc1ccccc1)c1ccc2c(c1)OCCO2. The summed E-state index contributed by atoms with van der Waals surface area (Å²) in [6, 6.07) is 20.7. The number of carbonyl (C=O) groups is 2. The molecular weight excluding hydrogens is 482 g/mol. The second-order valence-corrected chi connectivity index (χ2v) is 10.2. The van der Waals surface area contributed by atoms with Crippen LogP contribution in [0.25, 0.3) is 0 Å². The molecule has 0 atom stereocenters. The molecule has 0 saturated heterocycles. The van der Waals surface area contributed by atoms with E-state index in [0.717, 1.165) is 9.87 Å². The Hall–Kier alpha value is -4.05. The molecule has 1 aliphatic heterocycles. The van der Waals surface area contributed by atoms with Crippen LogP contribution in [0.5, 0.6) is 11.5 Å². The number of nitrogens with zero attached hydrogens (tertiary/aromatic N) is 1. The number of hydrogen-bond donors (Lipinski definition) is 2. The van der Waals surface area contributed by atoms with E-state index in [2.05, 4.69) is 10.6 Å². The van der Waals surface area contributed by atoms with E-state index < -0.39 is 22.5 Å². The molecule has 2 N–H and O–H groups in total. The van der Waals surface area contributed by atoms with Gasteiger partial charge in [0.1, 0.15) is 19.8 Å². The Morgan fingerprint density at radius 1 is 0.917 bits per heavy atom. The van der Waals surface area contributed by atoms with Gasteiger partial charge in [0.2, 0.25) is 15.9 Å². The van der Waals surface area contributed by atoms with Gasteiger partial charge in [0, 0.05) is 12.6 Å². The predicted molar refractivity (Wildman–Crippen MR) is 137 cm³/mol. The third kappa shape index (κ3) is 5.95. The quantitative estimate of drug-likeness (QED) is 0.458. The fraction of sp³-hybridized carbons (Fsp3) is 0.231. The van der Waals surface area contributed by atoms with E-state index in [1.807, 2.05) is 30.3 Å². The first-order valence-corrected chi connectivity index (χ1v) is 13.1. The van der Waals surface area contributed by atoms with Gasteiger partial charge in [-0.25, -0.2) is 8.42 Å². The van der Waals surface area contributed by atoms with Gasteiger partial charge in [0.25, 0.3) is 5.91 Å². The number of ether oxygens (including phenoxy) is 2. The van der Waals surface area contributed by atoms with Crippen LogP contribution in [0.3, 0.4) is 0 Å². The van der Waals surface area contributed by atoms with Crippen LogP contribution in [0.2, 0.25) is 0 Å². The zero-order valence-corrected chi connectivity index (χ0v) is 20.6. The molecule has 0 spiro atoms. The highest BCUT2D eigenvalue weighted by atomic mass is 32.2. The summed E-state index contributed by atoms with van der Waals surface area (Å²) in [6.07, 6.45) is 0. The van der Waals surface area contributed by atoms with Crippen molar-refractivity contribution in [3.8, 4) is 11.5 Å². The third-order valence-electron chi connectivity index (χ3n) is 5.54. The highest BCUT2D eigenvalue weighted by molar-refractivity contribution is 7.92. The molecular formula is C26H27N3O6S. The van der Waals surface area contributed by atoms with Gasteiger partial charge in [-0.1, -0.05) is 42.5 Å². The minimum absolute atomic E-state index is 0.201. The van der Waals surface area contributed by atoms with Crippen LogP contribution in [0, 0.1) is 0 Å². The molecule has 0 bridgehead atoms. The number of fused-ring (bicyclic) bond motifs is 1. The topological polar surface area (TPSA) is 114 Å². The number of para-hydroxylation sites is 1. The van der Waals surface area contributed by atoms with Crippen molar-refractivity contribution in [3.05, 3.63) is 83.9 Å². The van der Waals surface area contributed by atoms with Gasteiger partial charge in [0.15, 0.2) is 11.5 Å². The Bertz CT molecular complexity index is 1340. The molecule has 1 heterocycles. The first kappa shape index (κ1) is 25.1. The molecule has 10 heteroatoms. The van der Waals surface area contributed by atoms with Crippen molar-refractivity contribution >= 4 is 33.2 Å². The first-order chi connectivity index (χ1) is 17.4. The summed E-state index contributed by atoms with van der Waals surface area (Å²) in [5, 5.41) is 5.52. The van der Waals surface area contributed by atoms with Crippen LogP contribution in [0.15, 0.2) is 72.8 Å². The summed E-state index contributed by atoms with van der Waals surface area (Å²) in [4.78, 5) is 25.8. The van der Waals surface area contributed by atoms with Crippen LogP contribution < -0.4 is 24.4 Å². The molecule has 0 unspecified atom stereocenters. The van der Waals surface area contributed by atoms with Crippen LogP contribution in [0.4, 0.5) is 11.4 Å². The van der Waals surface area contributed by atoms with Crippen molar-refractivity contribution in [2.75, 3.05) is 35.1 Å². The van der Waals surface area contributed by atoms with Crippen molar-refractivity contribution in [1.29, 1.82) is 0 Å². The molecule has 2 amide bonds. The molecule has 188 valence electrons. The molecule has 0 aliphatic carbocycles. The number of amides is 2. The van der Waals surface area contributed by atoms with Crippen molar-refractivity contribution in [1.82, 2.24) is 5.32 Å². The van der Waals surface area contributed by atoms with E-state index in [-0.39, 0.29) is 28.6 Å². The maximum absolute atomic E-state index is 13.0. The standard InChI is InChI=1S/C26H27N3O6S/c1-2-36(32,33)29(20-12-13-23-24(16-20)35-15-14-34-23)18-25(30)28-22-11-7-6-10-21(22)26(31)27-17-19-8-4-3-5-9-19/h3-13,16H,2,14-15,17-18H2,1H3,(H,27,31)(H,28,30). The molecule has 3 aromatic rings. The summed E-state index contributed by atoms with van der Waals surface area (Å²) in [5.74, 6) is -0.229. The predicted octanol–water partition coefficient (Wildman–Crippen LogP) is 3.18. The highest BCUT2D eigenvalue weighted by Crippen LogP contribution is 2.34. The Morgan fingerprint density at radius 3 is 2.36 bits per heavy atom. The minimum Gasteiger partial charge on any atom is -0.486 e. The Morgan fingerprint density at radius 2 is 1.61 bits per heavy atom. The molecule has 0 saturated carbocycles. The second kappa shape index (κ2) is 11.1. The molecule has 0 fully saturated rings. The van der Waals surface area contributed by atoms with Crippen molar-refractivity contribution in [3.63, 3.8) is 0 Å². The van der Waals surface area contributed by atoms with E-state index in [0.29, 0.717) is 31.3 Å². The van der Waals surface area contributed by atoms with Gasteiger partial charge in [-0.3, -0.25) is 13.9 Å². The highest BCUT2D eigenvalue weighted by Gasteiger charge is 2.26. The first-order valence-electron chi connectivity index (χ1n) is 11.5. The number of anilines is 2. The van der Waals surface area contributed by atoms with Crippen molar-refractivity contribution < 1.29 is 27.5 Å². The van der Waals surface area contributed by atoms with Crippen LogP contribution in [-0.2, 0) is 21.4 Å². The number of rotatable bonds is 9. The normalized spacial score (nSPS) is 12.5. The number of sulfonamides is 1. The summed E-state index contributed by atoms with van der Waals surface area (Å²) >= 11 is 0. The van der Waals surface area contributed by atoms with Gasteiger partial charge in [0.05, 0.1) is 22.7 Å². The number of carbonyl (C=O) groups excluding carboxylic acids is 2. The zero-order valence-electron chi connectivity index (χ0n) is 19.8. The Labute approximate surface area is 210 Å². The minimum atomic E-state index is -3.80. The van der Waals surface area contributed by atoms with E-state index >= 15 is 0 Å². The largest absolute Gasteiger partial charge is 0.486 e. The average Bonchev–Trinajstić information content (AvgIpc) is 2.91.